The summed E-state index contributed by atoms with van der Waals surface area (Å²) in [5, 5.41) is -3.64. The Bertz CT molecular complexity index is 363. The van der Waals surface area contributed by atoms with Crippen LogP contribution in [-0.2, 0) is 32.7 Å². The van der Waals surface area contributed by atoms with Crippen LogP contribution < -0.4 is 0 Å². The molecule has 0 saturated carbocycles. The summed E-state index contributed by atoms with van der Waals surface area (Å²) in [6, 6.07) is 0. The first-order valence-electron chi connectivity index (χ1n) is 5.67. The normalized spacial score (nSPS) is 14.6. The lowest BCUT2D eigenvalue weighted by molar-refractivity contribution is -0.166. The van der Waals surface area contributed by atoms with Crippen molar-refractivity contribution in [3.8, 4) is 0 Å². The Morgan fingerprint density at radius 3 is 1.84 bits per heavy atom. The molecule has 0 saturated heterocycles. The summed E-state index contributed by atoms with van der Waals surface area (Å²) in [5.74, 6) is -3.34. The van der Waals surface area contributed by atoms with Crippen molar-refractivity contribution in [2.75, 3.05) is 26.9 Å². The third-order valence-corrected chi connectivity index (χ3v) is 4.29. The lowest BCUT2D eigenvalue weighted by atomic mass is 10.4. The lowest BCUT2D eigenvalue weighted by Crippen LogP contribution is -2.45. The van der Waals surface area contributed by atoms with Gasteiger partial charge in [-0.3, -0.25) is 4.57 Å². The van der Waals surface area contributed by atoms with Gasteiger partial charge in [0.1, 0.15) is 0 Å². The second-order valence-corrected chi connectivity index (χ2v) is 5.29. The number of methoxy groups -OCH3 is 1. The lowest BCUT2D eigenvalue weighted by Gasteiger charge is -2.27. The van der Waals surface area contributed by atoms with Crippen LogP contribution in [0.25, 0.3) is 0 Å². The molecule has 112 valence electrons. The van der Waals surface area contributed by atoms with E-state index in [4.69, 9.17) is 0 Å². The maximum atomic E-state index is 14.7. The van der Waals surface area contributed by atoms with E-state index in [1.54, 1.807) is 0 Å². The second kappa shape index (κ2) is 7.57. The van der Waals surface area contributed by atoms with Crippen molar-refractivity contribution in [2.45, 2.75) is 26.2 Å². The Morgan fingerprint density at radius 2 is 1.53 bits per heavy atom. The second-order valence-electron chi connectivity index (χ2n) is 3.17. The standard InChI is InChI=1S/C10H18FO7P/c1-5-16-9(13)10(11,8(12)15-4)19(14,17-6-2)18-7-3/h5-7H2,1-4H3. The van der Waals surface area contributed by atoms with Gasteiger partial charge in [0.25, 0.3) is 0 Å². The number of hydrogen-bond donors (Lipinski definition) is 0. The van der Waals surface area contributed by atoms with Gasteiger partial charge in [-0.2, -0.15) is 0 Å². The van der Waals surface area contributed by atoms with E-state index in [1.807, 2.05) is 0 Å². The first-order chi connectivity index (χ1) is 8.83. The Kier molecular flexibility index (Phi) is 7.18. The van der Waals surface area contributed by atoms with Gasteiger partial charge in [-0.05, 0) is 20.8 Å². The fraction of sp³-hybridized carbons (Fsp3) is 0.800. The third kappa shape index (κ3) is 3.52. The number of rotatable bonds is 8. The zero-order valence-electron chi connectivity index (χ0n) is 11.3. The highest BCUT2D eigenvalue weighted by Crippen LogP contribution is 2.61. The van der Waals surface area contributed by atoms with Crippen molar-refractivity contribution in [2.24, 2.45) is 0 Å². The number of hydrogen-bond acceptors (Lipinski definition) is 7. The maximum Gasteiger partial charge on any atom is 0.400 e. The van der Waals surface area contributed by atoms with Gasteiger partial charge in [-0.1, -0.05) is 0 Å². The molecule has 0 amide bonds. The summed E-state index contributed by atoms with van der Waals surface area (Å²) >= 11 is 0. The first kappa shape index (κ1) is 18.0. The average Bonchev–Trinajstić information content (AvgIpc) is 2.37. The van der Waals surface area contributed by atoms with Crippen molar-refractivity contribution in [3.63, 3.8) is 0 Å². The van der Waals surface area contributed by atoms with Crippen LogP contribution in [0.2, 0.25) is 0 Å². The van der Waals surface area contributed by atoms with Crippen LogP contribution >= 0.6 is 7.60 Å². The highest BCUT2D eigenvalue weighted by atomic mass is 31.2. The highest BCUT2D eigenvalue weighted by molar-refractivity contribution is 7.57. The van der Waals surface area contributed by atoms with Crippen LogP contribution in [0.3, 0.4) is 0 Å². The summed E-state index contributed by atoms with van der Waals surface area (Å²) in [6.45, 7) is 3.57. The van der Waals surface area contributed by atoms with E-state index >= 15 is 0 Å². The molecule has 0 radical (unpaired) electrons. The zero-order chi connectivity index (χ0) is 15.1. The van der Waals surface area contributed by atoms with Crippen LogP contribution in [-0.4, -0.2) is 44.3 Å². The summed E-state index contributed by atoms with van der Waals surface area (Å²) < 4.78 is 45.0. The van der Waals surface area contributed by atoms with Crippen molar-refractivity contribution in [3.05, 3.63) is 0 Å². The van der Waals surface area contributed by atoms with Crippen molar-refractivity contribution >= 4 is 19.5 Å². The molecule has 0 aromatic heterocycles. The summed E-state index contributed by atoms with van der Waals surface area (Å²) in [4.78, 5) is 23.1. The van der Waals surface area contributed by atoms with Crippen LogP contribution in [0, 0.1) is 0 Å². The molecular weight excluding hydrogens is 282 g/mol. The molecular formula is C10H18FO7P. The Balaban J connectivity index is 5.72. The molecule has 0 aromatic rings. The molecule has 0 aliphatic heterocycles. The Hall–Kier alpha value is -0.980. The van der Waals surface area contributed by atoms with E-state index in [-0.39, 0.29) is 19.8 Å². The number of halogens is 1. The van der Waals surface area contributed by atoms with Gasteiger partial charge in [0.05, 0.1) is 26.9 Å². The maximum absolute atomic E-state index is 14.7. The molecule has 0 N–H and O–H groups in total. The predicted molar refractivity (Wildman–Crippen MR) is 63.3 cm³/mol. The molecule has 0 fully saturated rings. The number of carbonyl (C=O) groups excluding carboxylic acids is 2. The minimum atomic E-state index is -4.72. The fourth-order valence-electron chi connectivity index (χ4n) is 1.22. The van der Waals surface area contributed by atoms with Crippen LogP contribution in [0.1, 0.15) is 20.8 Å². The smallest absolute Gasteiger partial charge is 0.400 e. The van der Waals surface area contributed by atoms with Gasteiger partial charge in [-0.15, -0.1) is 0 Å². The van der Waals surface area contributed by atoms with Gasteiger partial charge >= 0.3 is 24.9 Å². The van der Waals surface area contributed by atoms with Gasteiger partial charge in [0, 0.05) is 0 Å². The number of esters is 2. The number of alkyl halides is 1. The minimum Gasteiger partial charge on any atom is -0.466 e. The van der Waals surface area contributed by atoms with E-state index in [0.717, 1.165) is 7.11 Å². The predicted octanol–water partition coefficient (Wildman–Crippen LogP) is 1.65. The number of carbonyl (C=O) groups is 2. The minimum absolute atomic E-state index is 0.209. The zero-order valence-corrected chi connectivity index (χ0v) is 12.2. The molecule has 0 heterocycles. The molecule has 0 aliphatic carbocycles. The summed E-state index contributed by atoms with van der Waals surface area (Å²) in [5.41, 5.74) is 0. The van der Waals surface area contributed by atoms with Gasteiger partial charge < -0.3 is 18.5 Å². The molecule has 0 aromatic carbocycles. The van der Waals surface area contributed by atoms with Crippen LogP contribution in [0.15, 0.2) is 0 Å². The molecule has 1 unspecified atom stereocenters. The molecule has 7 nitrogen and oxygen atoms in total. The van der Waals surface area contributed by atoms with Gasteiger partial charge in [-0.25, -0.2) is 14.0 Å². The monoisotopic (exact) mass is 300 g/mol. The van der Waals surface area contributed by atoms with E-state index in [2.05, 4.69) is 18.5 Å². The summed E-state index contributed by atoms with van der Waals surface area (Å²) in [7, 11) is -3.87. The molecule has 19 heavy (non-hydrogen) atoms. The topological polar surface area (TPSA) is 88.1 Å². The molecule has 0 bridgehead atoms. The molecule has 0 spiro atoms. The van der Waals surface area contributed by atoms with Crippen molar-refractivity contribution < 1.29 is 37.1 Å². The third-order valence-electron chi connectivity index (χ3n) is 1.98. The largest absolute Gasteiger partial charge is 0.466 e. The quantitative estimate of drug-likeness (QED) is 0.382. The van der Waals surface area contributed by atoms with E-state index in [0.29, 0.717) is 0 Å². The summed E-state index contributed by atoms with van der Waals surface area (Å²) in [6.07, 6.45) is 0. The first-order valence-corrected chi connectivity index (χ1v) is 7.22. The van der Waals surface area contributed by atoms with Gasteiger partial charge in [0.2, 0.25) is 0 Å². The molecule has 9 heteroatoms. The van der Waals surface area contributed by atoms with E-state index in [1.165, 1.54) is 20.8 Å². The molecule has 0 rings (SSSR count). The fourth-order valence-corrected chi connectivity index (χ4v) is 2.94. The SMILES string of the molecule is CCOC(=O)C(F)(C(=O)OC)P(=O)(OCC)OCC. The van der Waals surface area contributed by atoms with Crippen molar-refractivity contribution in [1.82, 2.24) is 0 Å². The Morgan fingerprint density at radius 1 is 1.05 bits per heavy atom. The van der Waals surface area contributed by atoms with E-state index in [9.17, 15) is 18.5 Å². The van der Waals surface area contributed by atoms with Crippen LogP contribution in [0.4, 0.5) is 4.39 Å². The highest BCUT2D eigenvalue weighted by Gasteiger charge is 2.67. The van der Waals surface area contributed by atoms with Gasteiger partial charge in [0.15, 0.2) is 0 Å². The van der Waals surface area contributed by atoms with Crippen molar-refractivity contribution in [1.29, 1.82) is 0 Å². The molecule has 0 aliphatic rings. The molecule has 1 atom stereocenters. The number of ether oxygens (including phenoxy) is 2. The Labute approximate surface area is 110 Å². The van der Waals surface area contributed by atoms with E-state index < -0.39 is 24.9 Å². The average molecular weight is 300 g/mol. The van der Waals surface area contributed by atoms with Crippen LogP contribution in [0.5, 0.6) is 0 Å².